The molecule has 2 aromatic heterocycles. The lowest BCUT2D eigenvalue weighted by atomic mass is 9.80. The van der Waals surface area contributed by atoms with Gasteiger partial charge >= 0.3 is 0 Å². The molecule has 0 saturated heterocycles. The molecule has 0 fully saturated rings. The van der Waals surface area contributed by atoms with E-state index in [-0.39, 0.29) is 5.41 Å². The van der Waals surface area contributed by atoms with Crippen LogP contribution in [-0.2, 0) is 11.8 Å². The fraction of sp³-hybridized carbons (Fsp3) is 0.267. The first-order valence-corrected chi connectivity index (χ1v) is 9.96. The number of thiazole rings is 1. The van der Waals surface area contributed by atoms with Gasteiger partial charge in [0, 0.05) is 45.3 Å². The maximum atomic E-state index is 6.01. The van der Waals surface area contributed by atoms with Crippen LogP contribution in [0.5, 0.6) is 0 Å². The first kappa shape index (κ1) is 15.5. The van der Waals surface area contributed by atoms with Crippen molar-refractivity contribution in [2.75, 3.05) is 10.7 Å². The van der Waals surface area contributed by atoms with Gasteiger partial charge in [-0.3, -0.25) is 4.40 Å². The Morgan fingerprint density at radius 1 is 1.19 bits per heavy atom. The zero-order valence-corrected chi connectivity index (χ0v) is 15.8. The molecule has 0 amide bonds. The van der Waals surface area contributed by atoms with E-state index in [0.29, 0.717) is 0 Å². The van der Waals surface area contributed by atoms with Crippen molar-refractivity contribution in [3.63, 3.8) is 0 Å². The molecule has 3 rings (SSSR count). The first-order chi connectivity index (χ1) is 10.2. The third-order valence-corrected chi connectivity index (χ3v) is 6.80. The van der Waals surface area contributed by atoms with Crippen molar-refractivity contribution in [3.8, 4) is 0 Å². The third-order valence-electron chi connectivity index (χ3n) is 3.63. The average molecular weight is 449 g/mol. The summed E-state index contributed by atoms with van der Waals surface area (Å²) in [5.74, 6) is 0. The second-order valence-electron chi connectivity index (χ2n) is 5.06. The molecule has 3 aromatic rings. The van der Waals surface area contributed by atoms with Gasteiger partial charge in [0.05, 0.1) is 5.69 Å². The van der Waals surface area contributed by atoms with E-state index >= 15 is 0 Å². The van der Waals surface area contributed by atoms with Crippen LogP contribution in [0.2, 0.25) is 5.02 Å². The summed E-state index contributed by atoms with van der Waals surface area (Å²) in [7, 11) is 0. The molecule has 21 heavy (non-hydrogen) atoms. The minimum atomic E-state index is -0.0331. The summed E-state index contributed by atoms with van der Waals surface area (Å²) in [4.78, 5) is 5.75. The van der Waals surface area contributed by atoms with E-state index in [9.17, 15) is 0 Å². The lowest BCUT2D eigenvalue weighted by Gasteiger charge is -2.30. The molecule has 0 bridgehead atoms. The molecule has 6 heteroatoms. The van der Waals surface area contributed by atoms with E-state index in [1.807, 2.05) is 23.7 Å². The highest BCUT2D eigenvalue weighted by Crippen LogP contribution is 2.33. The zero-order valence-electron chi connectivity index (χ0n) is 11.1. The van der Waals surface area contributed by atoms with Crippen LogP contribution < -0.4 is 0 Å². The van der Waals surface area contributed by atoms with Crippen molar-refractivity contribution < 1.29 is 0 Å². The van der Waals surface area contributed by atoms with Gasteiger partial charge in [-0.05, 0) is 17.7 Å². The Morgan fingerprint density at radius 2 is 1.90 bits per heavy atom. The SMILES string of the molecule is Clc1ccc(C(CBr)(CBr)Cc2cn3ccsc3n2)cc1. The Kier molecular flexibility index (Phi) is 4.74. The predicted octanol–water partition coefficient (Wildman–Crippen LogP) is 5.32. The Morgan fingerprint density at radius 3 is 2.52 bits per heavy atom. The number of alkyl halides is 2. The summed E-state index contributed by atoms with van der Waals surface area (Å²) in [6.07, 6.45) is 5.03. The summed E-state index contributed by atoms with van der Waals surface area (Å²) < 4.78 is 2.08. The normalized spacial score (nSPS) is 12.1. The first-order valence-electron chi connectivity index (χ1n) is 6.46. The van der Waals surface area contributed by atoms with E-state index in [1.165, 1.54) is 5.56 Å². The van der Waals surface area contributed by atoms with Crippen LogP contribution in [-0.4, -0.2) is 20.0 Å². The molecule has 0 aliphatic rings. The highest BCUT2D eigenvalue weighted by atomic mass is 79.9. The molecule has 0 unspecified atom stereocenters. The number of halogens is 3. The van der Waals surface area contributed by atoms with E-state index in [4.69, 9.17) is 16.6 Å². The quantitative estimate of drug-likeness (QED) is 0.483. The van der Waals surface area contributed by atoms with Crippen molar-refractivity contribution in [2.45, 2.75) is 11.8 Å². The Labute approximate surface area is 149 Å². The second kappa shape index (κ2) is 6.41. The summed E-state index contributed by atoms with van der Waals surface area (Å²) in [5, 5.41) is 4.53. The monoisotopic (exact) mass is 446 g/mol. The van der Waals surface area contributed by atoms with Crippen LogP contribution >= 0.6 is 54.8 Å². The number of imidazole rings is 1. The van der Waals surface area contributed by atoms with Crippen molar-refractivity contribution in [1.82, 2.24) is 9.38 Å². The van der Waals surface area contributed by atoms with Gasteiger partial charge in [-0.15, -0.1) is 11.3 Å². The van der Waals surface area contributed by atoms with Gasteiger partial charge in [-0.1, -0.05) is 55.6 Å². The molecule has 0 saturated carbocycles. The van der Waals surface area contributed by atoms with Crippen LogP contribution in [0.1, 0.15) is 11.3 Å². The summed E-state index contributed by atoms with van der Waals surface area (Å²) in [6, 6.07) is 8.10. The van der Waals surface area contributed by atoms with Gasteiger partial charge in [-0.2, -0.15) is 0 Å². The summed E-state index contributed by atoms with van der Waals surface area (Å²) >= 11 is 15.0. The molecule has 1 aromatic carbocycles. The molecule has 0 atom stereocenters. The number of rotatable bonds is 5. The number of nitrogens with zero attached hydrogens (tertiary/aromatic N) is 2. The number of fused-ring (bicyclic) bond motifs is 1. The maximum Gasteiger partial charge on any atom is 0.193 e. The fourth-order valence-corrected chi connectivity index (χ4v) is 5.22. The van der Waals surface area contributed by atoms with Crippen LogP contribution in [0.15, 0.2) is 42.0 Å². The molecule has 2 heterocycles. The predicted molar refractivity (Wildman–Crippen MR) is 97.5 cm³/mol. The highest BCUT2D eigenvalue weighted by molar-refractivity contribution is 9.09. The largest absolute Gasteiger partial charge is 0.297 e. The van der Waals surface area contributed by atoms with Crippen LogP contribution in [0.25, 0.3) is 4.96 Å². The van der Waals surface area contributed by atoms with E-state index in [0.717, 1.165) is 32.8 Å². The van der Waals surface area contributed by atoms with E-state index in [1.54, 1.807) is 11.3 Å². The number of aromatic nitrogens is 2. The molecule has 0 aliphatic carbocycles. The molecule has 0 N–H and O–H groups in total. The van der Waals surface area contributed by atoms with Crippen LogP contribution in [0.4, 0.5) is 0 Å². The highest BCUT2D eigenvalue weighted by Gasteiger charge is 2.31. The molecule has 0 spiro atoms. The van der Waals surface area contributed by atoms with Gasteiger partial charge < -0.3 is 0 Å². The Bertz CT molecular complexity index is 703. The number of hydrogen-bond donors (Lipinski definition) is 0. The zero-order chi connectivity index (χ0) is 14.9. The molecular weight excluding hydrogens is 436 g/mol. The van der Waals surface area contributed by atoms with Gasteiger partial charge in [0.25, 0.3) is 0 Å². The summed E-state index contributed by atoms with van der Waals surface area (Å²) in [5.41, 5.74) is 2.34. The average Bonchev–Trinajstić information content (AvgIpc) is 3.07. The second-order valence-corrected chi connectivity index (χ2v) is 7.49. The standard InChI is InChI=1S/C15H13Br2ClN2S/c16-9-15(10-17,11-1-3-12(18)4-2-11)7-13-8-20-5-6-21-14(20)19-13/h1-6,8H,7,9-10H2. The van der Waals surface area contributed by atoms with Crippen LogP contribution in [0.3, 0.4) is 0 Å². The van der Waals surface area contributed by atoms with Gasteiger partial charge in [0.2, 0.25) is 0 Å². The van der Waals surface area contributed by atoms with E-state index in [2.05, 4.69) is 54.6 Å². The van der Waals surface area contributed by atoms with Crippen molar-refractivity contribution >= 4 is 59.8 Å². The molecule has 2 nitrogen and oxygen atoms in total. The molecule has 110 valence electrons. The molecule has 0 radical (unpaired) electrons. The smallest absolute Gasteiger partial charge is 0.193 e. The lowest BCUT2D eigenvalue weighted by Crippen LogP contribution is -2.33. The minimum absolute atomic E-state index is 0.0331. The topological polar surface area (TPSA) is 17.3 Å². The lowest BCUT2D eigenvalue weighted by molar-refractivity contribution is 0.545. The maximum absolute atomic E-state index is 6.01. The van der Waals surface area contributed by atoms with Gasteiger partial charge in [-0.25, -0.2) is 4.98 Å². The number of hydrogen-bond acceptors (Lipinski definition) is 2. The molecule has 0 aliphatic heterocycles. The van der Waals surface area contributed by atoms with Crippen molar-refractivity contribution in [1.29, 1.82) is 0 Å². The number of benzene rings is 1. The third kappa shape index (κ3) is 3.07. The van der Waals surface area contributed by atoms with Gasteiger partial charge in [0.1, 0.15) is 0 Å². The van der Waals surface area contributed by atoms with E-state index < -0.39 is 0 Å². The Balaban J connectivity index is 1.96. The Hall–Kier alpha value is -0.360. The van der Waals surface area contributed by atoms with Gasteiger partial charge in [0.15, 0.2) is 4.96 Å². The fourth-order valence-electron chi connectivity index (χ4n) is 2.40. The van der Waals surface area contributed by atoms with Crippen LogP contribution in [0, 0.1) is 0 Å². The van der Waals surface area contributed by atoms with Crippen molar-refractivity contribution in [2.24, 2.45) is 0 Å². The van der Waals surface area contributed by atoms with Crippen molar-refractivity contribution in [3.05, 3.63) is 58.3 Å². The summed E-state index contributed by atoms with van der Waals surface area (Å²) in [6.45, 7) is 0. The minimum Gasteiger partial charge on any atom is -0.297 e. The molecular formula is C15H13Br2ClN2S.